The van der Waals surface area contributed by atoms with Gasteiger partial charge in [0.25, 0.3) is 5.56 Å². The Morgan fingerprint density at radius 2 is 1.90 bits per heavy atom. The van der Waals surface area contributed by atoms with Gasteiger partial charge in [-0.2, -0.15) is 0 Å². The molecule has 0 saturated heterocycles. The van der Waals surface area contributed by atoms with Gasteiger partial charge in [0, 0.05) is 24.8 Å². The minimum absolute atomic E-state index is 0.0272. The molecule has 1 aliphatic heterocycles. The van der Waals surface area contributed by atoms with Crippen LogP contribution in [0, 0.1) is 0 Å². The molecular formula is C30H43N5O3S. The number of nitrogens with one attached hydrogen (secondary N) is 1. The van der Waals surface area contributed by atoms with E-state index in [0.29, 0.717) is 53.0 Å². The zero-order valence-electron chi connectivity index (χ0n) is 23.0. The highest BCUT2D eigenvalue weighted by Gasteiger charge is 2.29. The number of fused-ring (bicyclic) bond motifs is 1. The number of ether oxygens (including phenoxy) is 1. The number of para-hydroxylation sites is 2. The van der Waals surface area contributed by atoms with Gasteiger partial charge in [-0.1, -0.05) is 49.6 Å². The van der Waals surface area contributed by atoms with Gasteiger partial charge in [-0.25, -0.2) is 4.98 Å². The molecule has 2 aliphatic carbocycles. The molecule has 0 spiro atoms. The number of thioether (sulfide) groups is 1. The Kier molecular flexibility index (Phi) is 9.98. The van der Waals surface area contributed by atoms with E-state index in [9.17, 15) is 9.59 Å². The van der Waals surface area contributed by atoms with E-state index in [0.717, 1.165) is 50.9 Å². The zero-order chi connectivity index (χ0) is 27.0. The lowest BCUT2D eigenvalue weighted by molar-refractivity contribution is -0.131. The summed E-state index contributed by atoms with van der Waals surface area (Å²) in [4.78, 5) is 33.5. The number of hydrogen-bond donors (Lipinski definition) is 2. The first-order chi connectivity index (χ1) is 19.1. The van der Waals surface area contributed by atoms with Crippen LogP contribution in [0.25, 0.3) is 5.69 Å². The first-order valence-corrected chi connectivity index (χ1v) is 15.7. The van der Waals surface area contributed by atoms with Crippen molar-refractivity contribution in [1.29, 1.82) is 0 Å². The number of unbranched alkanes of at least 4 members (excludes halogenated alkanes) is 2. The number of carbonyl (C=O) groups is 1. The Hall–Kier alpha value is -2.36. The molecule has 1 aromatic heterocycles. The molecule has 0 atom stereocenters. The summed E-state index contributed by atoms with van der Waals surface area (Å²) in [5.41, 5.74) is 8.80. The molecule has 0 radical (unpaired) electrons. The molecule has 2 heterocycles. The van der Waals surface area contributed by atoms with E-state index in [4.69, 9.17) is 15.5 Å². The number of aromatic nitrogens is 2. The van der Waals surface area contributed by atoms with Crippen LogP contribution in [0.1, 0.15) is 81.9 Å². The van der Waals surface area contributed by atoms with E-state index in [1.54, 1.807) is 21.2 Å². The molecule has 2 aromatic rings. The molecule has 2 fully saturated rings. The van der Waals surface area contributed by atoms with E-state index in [-0.39, 0.29) is 18.0 Å². The van der Waals surface area contributed by atoms with Crippen LogP contribution in [-0.2, 0) is 22.5 Å². The van der Waals surface area contributed by atoms with Gasteiger partial charge in [-0.3, -0.25) is 14.2 Å². The largest absolute Gasteiger partial charge is 0.397 e. The zero-order valence-corrected chi connectivity index (χ0v) is 23.9. The van der Waals surface area contributed by atoms with Gasteiger partial charge in [0.1, 0.15) is 0 Å². The van der Waals surface area contributed by atoms with Gasteiger partial charge in [-0.05, 0) is 63.6 Å². The molecular weight excluding hydrogens is 510 g/mol. The number of carbonyl (C=O) groups excluding carboxylic acids is 1. The number of amides is 1. The second-order valence-corrected chi connectivity index (χ2v) is 12.4. The Bertz CT molecular complexity index is 1180. The average Bonchev–Trinajstić information content (AvgIpc) is 2.93. The number of anilines is 1. The molecule has 0 bridgehead atoms. The monoisotopic (exact) mass is 553 g/mol. The summed E-state index contributed by atoms with van der Waals surface area (Å²) in [6.07, 6.45) is 14.2. The summed E-state index contributed by atoms with van der Waals surface area (Å²) in [6, 6.07) is 7.44. The van der Waals surface area contributed by atoms with Gasteiger partial charge < -0.3 is 20.7 Å². The molecule has 2 saturated carbocycles. The van der Waals surface area contributed by atoms with Gasteiger partial charge in [0.15, 0.2) is 5.16 Å². The predicted molar refractivity (Wildman–Crippen MR) is 156 cm³/mol. The molecule has 5 rings (SSSR count). The van der Waals surface area contributed by atoms with Crippen molar-refractivity contribution in [2.75, 3.05) is 32.0 Å². The molecule has 3 aliphatic rings. The third-order valence-corrected chi connectivity index (χ3v) is 9.52. The Morgan fingerprint density at radius 3 is 2.67 bits per heavy atom. The van der Waals surface area contributed by atoms with Gasteiger partial charge in [-0.15, -0.1) is 0 Å². The lowest BCUT2D eigenvalue weighted by atomic mass is 9.98. The lowest BCUT2D eigenvalue weighted by Crippen LogP contribution is -2.44. The highest BCUT2D eigenvalue weighted by Crippen LogP contribution is 2.37. The van der Waals surface area contributed by atoms with Crippen molar-refractivity contribution in [2.24, 2.45) is 0 Å². The lowest BCUT2D eigenvalue weighted by Gasteiger charge is -2.30. The van der Waals surface area contributed by atoms with E-state index in [1.807, 2.05) is 24.3 Å². The van der Waals surface area contributed by atoms with Crippen molar-refractivity contribution in [3.63, 3.8) is 0 Å². The molecule has 3 N–H and O–H groups in total. The molecule has 0 unspecified atom stereocenters. The summed E-state index contributed by atoms with van der Waals surface area (Å²) in [5, 5.41) is 4.50. The fourth-order valence-electron chi connectivity index (χ4n) is 5.61. The highest BCUT2D eigenvalue weighted by molar-refractivity contribution is 7.99. The van der Waals surface area contributed by atoms with Crippen LogP contribution in [0.3, 0.4) is 0 Å². The summed E-state index contributed by atoms with van der Waals surface area (Å²) in [5.74, 6) is 0.0272. The highest BCUT2D eigenvalue weighted by atomic mass is 32.2. The van der Waals surface area contributed by atoms with Crippen LogP contribution < -0.4 is 16.6 Å². The SMILES string of the molecule is Nc1ccccc1-n1c(SC2CCC2)nc2c(c1=O)CN(C(=O)CNCCCCCOC1CCCCC1)CC2. The molecule has 1 amide bonds. The number of nitrogens with zero attached hydrogens (tertiary/aromatic N) is 3. The Labute approximate surface area is 236 Å². The van der Waals surface area contributed by atoms with Crippen molar-refractivity contribution in [2.45, 2.75) is 100 Å². The van der Waals surface area contributed by atoms with Crippen molar-refractivity contribution in [1.82, 2.24) is 19.8 Å². The summed E-state index contributed by atoms with van der Waals surface area (Å²) in [7, 11) is 0. The quantitative estimate of drug-likeness (QED) is 0.227. The van der Waals surface area contributed by atoms with Crippen molar-refractivity contribution < 1.29 is 9.53 Å². The summed E-state index contributed by atoms with van der Waals surface area (Å²) >= 11 is 1.68. The molecule has 39 heavy (non-hydrogen) atoms. The molecule has 8 nitrogen and oxygen atoms in total. The fourth-order valence-corrected chi connectivity index (χ4v) is 6.92. The molecule has 212 valence electrons. The van der Waals surface area contributed by atoms with Crippen molar-refractivity contribution >= 4 is 23.4 Å². The fraction of sp³-hybridized carbons (Fsp3) is 0.633. The minimum atomic E-state index is -0.111. The van der Waals surface area contributed by atoms with E-state index >= 15 is 0 Å². The van der Waals surface area contributed by atoms with Crippen LogP contribution >= 0.6 is 11.8 Å². The third kappa shape index (κ3) is 7.24. The Balaban J connectivity index is 1.14. The normalized spacial score (nSPS) is 18.1. The summed E-state index contributed by atoms with van der Waals surface area (Å²) in [6.45, 7) is 2.82. The second kappa shape index (κ2) is 13.8. The number of hydrogen-bond acceptors (Lipinski definition) is 7. The smallest absolute Gasteiger partial charge is 0.264 e. The molecule has 1 aromatic carbocycles. The number of nitrogens with two attached hydrogens (primary N) is 1. The maximum absolute atomic E-state index is 13.8. The van der Waals surface area contributed by atoms with E-state index < -0.39 is 0 Å². The van der Waals surface area contributed by atoms with Crippen LogP contribution in [-0.4, -0.2) is 58.0 Å². The van der Waals surface area contributed by atoms with Crippen molar-refractivity contribution in [3.8, 4) is 5.69 Å². The predicted octanol–water partition coefficient (Wildman–Crippen LogP) is 4.45. The number of rotatable bonds is 12. The first kappa shape index (κ1) is 28.2. The van der Waals surface area contributed by atoms with Gasteiger partial charge in [0.2, 0.25) is 5.91 Å². The Morgan fingerprint density at radius 1 is 1.08 bits per heavy atom. The van der Waals surface area contributed by atoms with Crippen LogP contribution in [0.5, 0.6) is 0 Å². The van der Waals surface area contributed by atoms with Crippen LogP contribution in [0.4, 0.5) is 5.69 Å². The van der Waals surface area contributed by atoms with Crippen LogP contribution in [0.15, 0.2) is 34.2 Å². The average molecular weight is 554 g/mol. The summed E-state index contributed by atoms with van der Waals surface area (Å²) < 4.78 is 7.67. The van der Waals surface area contributed by atoms with Crippen molar-refractivity contribution in [3.05, 3.63) is 45.9 Å². The standard InChI is InChI=1S/C30H43N5O3S/c31-25-14-5-6-15-27(25)35-29(37)24-21-34(18-16-26(24)33-30(35)39-23-12-9-13-23)28(36)20-32-17-7-2-8-19-38-22-10-3-1-4-11-22/h5-6,14-15,22-23,32H,1-4,7-13,16-21,31H2. The number of nitrogen functional groups attached to an aromatic ring is 1. The second-order valence-electron chi connectivity index (χ2n) is 11.1. The third-order valence-electron chi connectivity index (χ3n) is 8.23. The maximum atomic E-state index is 13.8. The molecule has 9 heteroatoms. The maximum Gasteiger partial charge on any atom is 0.264 e. The van der Waals surface area contributed by atoms with E-state index in [2.05, 4.69) is 5.32 Å². The topological polar surface area (TPSA) is 102 Å². The van der Waals surface area contributed by atoms with Gasteiger partial charge >= 0.3 is 0 Å². The van der Waals surface area contributed by atoms with E-state index in [1.165, 1.54) is 38.5 Å². The first-order valence-electron chi connectivity index (χ1n) is 14.9. The van der Waals surface area contributed by atoms with Gasteiger partial charge in [0.05, 0.1) is 41.8 Å². The number of benzene rings is 1. The minimum Gasteiger partial charge on any atom is -0.397 e. The van der Waals surface area contributed by atoms with Crippen LogP contribution in [0.2, 0.25) is 0 Å².